The quantitative estimate of drug-likeness (QED) is 0.819. The van der Waals surface area contributed by atoms with Gasteiger partial charge in [0.2, 0.25) is 0 Å². The molecule has 0 heterocycles. The monoisotopic (exact) mass is 204 g/mol. The molecule has 15 heavy (non-hydrogen) atoms. The summed E-state index contributed by atoms with van der Waals surface area (Å²) in [6.45, 7) is 3.25. The average molecular weight is 204 g/mol. The third-order valence-electron chi connectivity index (χ3n) is 3.36. The highest BCUT2D eigenvalue weighted by Crippen LogP contribution is 2.27. The molecule has 2 heteroatoms. The van der Waals surface area contributed by atoms with Crippen LogP contribution in [0.5, 0.6) is 0 Å². The van der Waals surface area contributed by atoms with Crippen molar-refractivity contribution in [2.45, 2.75) is 38.3 Å². The van der Waals surface area contributed by atoms with Gasteiger partial charge in [0, 0.05) is 24.3 Å². The van der Waals surface area contributed by atoms with Crippen LogP contribution >= 0.6 is 0 Å². The molecule has 2 unspecified atom stereocenters. The highest BCUT2D eigenvalue weighted by molar-refractivity contribution is 5.47. The van der Waals surface area contributed by atoms with Crippen LogP contribution in [0.25, 0.3) is 0 Å². The Morgan fingerprint density at radius 2 is 2.00 bits per heavy atom. The lowest BCUT2D eigenvalue weighted by Crippen LogP contribution is -2.44. The summed E-state index contributed by atoms with van der Waals surface area (Å²) in [6, 6.07) is 11.5. The molecule has 0 aliphatic heterocycles. The summed E-state index contributed by atoms with van der Waals surface area (Å²) >= 11 is 0. The van der Waals surface area contributed by atoms with Gasteiger partial charge in [0.15, 0.2) is 0 Å². The maximum absolute atomic E-state index is 6.15. The van der Waals surface area contributed by atoms with Crippen molar-refractivity contribution in [1.29, 1.82) is 0 Å². The number of hydrogen-bond donors (Lipinski definition) is 1. The second-order valence-corrected chi connectivity index (χ2v) is 4.28. The van der Waals surface area contributed by atoms with Crippen LogP contribution in [0.1, 0.15) is 26.2 Å². The SMILES string of the molecule is CCN(c1ccccc1)C1CCCC1N. The first-order valence-corrected chi connectivity index (χ1v) is 5.90. The number of likely N-dealkylation sites (N-methyl/N-ethyl adjacent to an activating group) is 1. The van der Waals surface area contributed by atoms with Gasteiger partial charge >= 0.3 is 0 Å². The number of nitrogens with two attached hydrogens (primary N) is 1. The Labute approximate surface area is 92.1 Å². The Hall–Kier alpha value is -1.02. The number of anilines is 1. The van der Waals surface area contributed by atoms with E-state index in [9.17, 15) is 0 Å². The van der Waals surface area contributed by atoms with Gasteiger partial charge in [0.1, 0.15) is 0 Å². The van der Waals surface area contributed by atoms with Gasteiger partial charge in [-0.3, -0.25) is 0 Å². The average Bonchev–Trinajstić information content (AvgIpc) is 2.68. The van der Waals surface area contributed by atoms with Crippen LogP contribution in [0.2, 0.25) is 0 Å². The van der Waals surface area contributed by atoms with Crippen LogP contribution in [0.4, 0.5) is 5.69 Å². The summed E-state index contributed by atoms with van der Waals surface area (Å²) < 4.78 is 0. The van der Waals surface area contributed by atoms with E-state index in [0.717, 1.165) is 6.54 Å². The minimum absolute atomic E-state index is 0.352. The summed E-state index contributed by atoms with van der Waals surface area (Å²) in [4.78, 5) is 2.44. The minimum Gasteiger partial charge on any atom is -0.367 e. The fourth-order valence-corrected chi connectivity index (χ4v) is 2.58. The lowest BCUT2D eigenvalue weighted by atomic mass is 10.1. The molecule has 82 valence electrons. The summed E-state index contributed by atoms with van der Waals surface area (Å²) in [6.07, 6.45) is 3.69. The molecule has 0 saturated heterocycles. The zero-order chi connectivity index (χ0) is 10.7. The van der Waals surface area contributed by atoms with Gasteiger partial charge in [-0.05, 0) is 38.3 Å². The number of hydrogen-bond acceptors (Lipinski definition) is 2. The van der Waals surface area contributed by atoms with E-state index in [1.807, 2.05) is 0 Å². The molecule has 1 saturated carbocycles. The molecule has 0 amide bonds. The van der Waals surface area contributed by atoms with Gasteiger partial charge in [-0.1, -0.05) is 18.2 Å². The van der Waals surface area contributed by atoms with E-state index >= 15 is 0 Å². The molecule has 1 aromatic rings. The summed E-state index contributed by atoms with van der Waals surface area (Å²) in [5.74, 6) is 0. The Kier molecular flexibility index (Phi) is 3.27. The van der Waals surface area contributed by atoms with Crippen molar-refractivity contribution in [3.05, 3.63) is 30.3 Å². The fraction of sp³-hybridized carbons (Fsp3) is 0.538. The van der Waals surface area contributed by atoms with Crippen LogP contribution < -0.4 is 10.6 Å². The molecule has 0 spiro atoms. The smallest absolute Gasteiger partial charge is 0.0440 e. The minimum atomic E-state index is 0.352. The van der Waals surface area contributed by atoms with Gasteiger partial charge in [0.25, 0.3) is 0 Å². The van der Waals surface area contributed by atoms with Crippen LogP contribution in [0, 0.1) is 0 Å². The van der Waals surface area contributed by atoms with Crippen LogP contribution in [-0.4, -0.2) is 18.6 Å². The van der Waals surface area contributed by atoms with Gasteiger partial charge in [-0.25, -0.2) is 0 Å². The molecular formula is C13H20N2. The Bertz CT molecular complexity index is 297. The van der Waals surface area contributed by atoms with Gasteiger partial charge in [0.05, 0.1) is 0 Å². The predicted octanol–water partition coefficient (Wildman–Crippen LogP) is 2.39. The van der Waals surface area contributed by atoms with E-state index in [-0.39, 0.29) is 0 Å². The van der Waals surface area contributed by atoms with E-state index in [2.05, 4.69) is 42.2 Å². The topological polar surface area (TPSA) is 29.3 Å². The van der Waals surface area contributed by atoms with Crippen molar-refractivity contribution in [2.24, 2.45) is 5.73 Å². The fourth-order valence-electron chi connectivity index (χ4n) is 2.58. The lowest BCUT2D eigenvalue weighted by Gasteiger charge is -2.32. The first-order chi connectivity index (χ1) is 7.33. The van der Waals surface area contributed by atoms with Crippen LogP contribution in [0.15, 0.2) is 30.3 Å². The van der Waals surface area contributed by atoms with E-state index in [1.54, 1.807) is 0 Å². The molecule has 1 fully saturated rings. The van der Waals surface area contributed by atoms with E-state index in [4.69, 9.17) is 5.73 Å². The Balaban J connectivity index is 2.17. The Morgan fingerprint density at radius 1 is 1.27 bits per heavy atom. The van der Waals surface area contributed by atoms with Gasteiger partial charge in [-0.15, -0.1) is 0 Å². The maximum Gasteiger partial charge on any atom is 0.0440 e. The Morgan fingerprint density at radius 3 is 2.53 bits per heavy atom. The zero-order valence-electron chi connectivity index (χ0n) is 9.39. The first kappa shape index (κ1) is 10.5. The molecule has 1 aromatic carbocycles. The molecule has 0 radical (unpaired) electrons. The van der Waals surface area contributed by atoms with Gasteiger partial charge in [-0.2, -0.15) is 0 Å². The standard InChI is InChI=1S/C13H20N2/c1-2-15(11-7-4-3-5-8-11)13-10-6-9-12(13)14/h3-5,7-8,12-13H,2,6,9-10,14H2,1H3. The molecule has 0 aromatic heterocycles. The van der Waals surface area contributed by atoms with E-state index in [0.29, 0.717) is 12.1 Å². The number of nitrogens with zero attached hydrogens (tertiary/aromatic N) is 1. The van der Waals surface area contributed by atoms with Crippen molar-refractivity contribution in [1.82, 2.24) is 0 Å². The lowest BCUT2D eigenvalue weighted by molar-refractivity contribution is 0.551. The third kappa shape index (κ3) is 2.15. The molecule has 2 rings (SSSR count). The first-order valence-electron chi connectivity index (χ1n) is 5.90. The second-order valence-electron chi connectivity index (χ2n) is 4.28. The third-order valence-corrected chi connectivity index (χ3v) is 3.36. The highest BCUT2D eigenvalue weighted by Gasteiger charge is 2.28. The molecule has 2 N–H and O–H groups in total. The predicted molar refractivity (Wildman–Crippen MR) is 65.1 cm³/mol. The van der Waals surface area contributed by atoms with E-state index in [1.165, 1.54) is 24.9 Å². The number of benzene rings is 1. The molecule has 1 aliphatic carbocycles. The summed E-state index contributed by atoms with van der Waals surface area (Å²) in [7, 11) is 0. The maximum atomic E-state index is 6.15. The summed E-state index contributed by atoms with van der Waals surface area (Å²) in [5, 5.41) is 0. The summed E-state index contributed by atoms with van der Waals surface area (Å²) in [5.41, 5.74) is 7.46. The molecule has 1 aliphatic rings. The van der Waals surface area contributed by atoms with E-state index < -0.39 is 0 Å². The van der Waals surface area contributed by atoms with Crippen molar-refractivity contribution in [3.8, 4) is 0 Å². The normalized spacial score (nSPS) is 25.5. The van der Waals surface area contributed by atoms with Gasteiger partial charge < -0.3 is 10.6 Å². The van der Waals surface area contributed by atoms with Crippen molar-refractivity contribution in [3.63, 3.8) is 0 Å². The number of para-hydroxylation sites is 1. The van der Waals surface area contributed by atoms with Crippen molar-refractivity contribution >= 4 is 5.69 Å². The molecule has 0 bridgehead atoms. The molecule has 2 atom stereocenters. The molecular weight excluding hydrogens is 184 g/mol. The largest absolute Gasteiger partial charge is 0.367 e. The second kappa shape index (κ2) is 4.67. The molecule has 2 nitrogen and oxygen atoms in total. The van der Waals surface area contributed by atoms with Crippen LogP contribution in [-0.2, 0) is 0 Å². The van der Waals surface area contributed by atoms with Crippen molar-refractivity contribution < 1.29 is 0 Å². The highest BCUT2D eigenvalue weighted by atomic mass is 15.2. The van der Waals surface area contributed by atoms with Crippen LogP contribution in [0.3, 0.4) is 0 Å². The zero-order valence-corrected chi connectivity index (χ0v) is 9.39. The van der Waals surface area contributed by atoms with Crippen molar-refractivity contribution in [2.75, 3.05) is 11.4 Å². The number of rotatable bonds is 3.